The summed E-state index contributed by atoms with van der Waals surface area (Å²) in [4.78, 5) is 2.28. The van der Waals surface area contributed by atoms with Gasteiger partial charge in [-0.25, -0.2) is 8.42 Å². The van der Waals surface area contributed by atoms with Crippen molar-refractivity contribution in [2.24, 2.45) is 0 Å². The van der Waals surface area contributed by atoms with Crippen molar-refractivity contribution in [3.8, 4) is 0 Å². The lowest BCUT2D eigenvalue weighted by Gasteiger charge is -2.41. The Morgan fingerprint density at radius 1 is 1.13 bits per heavy atom. The fourth-order valence-electron chi connectivity index (χ4n) is 1.71. The van der Waals surface area contributed by atoms with Gasteiger partial charge in [0.2, 0.25) is 10.0 Å². The van der Waals surface area contributed by atoms with E-state index < -0.39 is 10.0 Å². The number of rotatable bonds is 2. The minimum absolute atomic E-state index is 0.108. The van der Waals surface area contributed by atoms with E-state index in [0.29, 0.717) is 13.1 Å². The zero-order valence-electron chi connectivity index (χ0n) is 9.53. The first kappa shape index (κ1) is 13.2. The van der Waals surface area contributed by atoms with Crippen LogP contribution in [0.25, 0.3) is 0 Å². The van der Waals surface area contributed by atoms with Gasteiger partial charge < -0.3 is 0 Å². The van der Waals surface area contributed by atoms with Crippen LogP contribution in [-0.4, -0.2) is 54.6 Å². The minimum Gasteiger partial charge on any atom is -0.296 e. The number of halogens is 1. The van der Waals surface area contributed by atoms with Gasteiger partial charge in [0.15, 0.2) is 0 Å². The second kappa shape index (κ2) is 4.57. The van der Waals surface area contributed by atoms with Gasteiger partial charge in [-0.2, -0.15) is 4.31 Å². The summed E-state index contributed by atoms with van der Waals surface area (Å²) in [6, 6.07) is 0. The maximum absolute atomic E-state index is 11.5. The minimum atomic E-state index is -3.22. The lowest BCUT2D eigenvalue weighted by atomic mass is 10.1. The van der Waals surface area contributed by atoms with Gasteiger partial charge in [0.1, 0.15) is 5.21 Å². The standard InChI is InChI=1S/C9H19ClN2O2S/c1-9(2,3)11-4-6-12(7-5-11)15(13,14)8-10/h4-8H2,1-3H3. The third-order valence-electron chi connectivity index (χ3n) is 2.72. The molecule has 90 valence electrons. The van der Waals surface area contributed by atoms with Crippen molar-refractivity contribution in [2.75, 3.05) is 31.4 Å². The highest BCUT2D eigenvalue weighted by atomic mass is 35.5. The molecule has 4 nitrogen and oxygen atoms in total. The number of hydrogen-bond donors (Lipinski definition) is 0. The normalized spacial score (nSPS) is 21.9. The predicted octanol–water partition coefficient (Wildman–Crippen LogP) is 0.929. The van der Waals surface area contributed by atoms with E-state index in [4.69, 9.17) is 11.6 Å². The third-order valence-corrected chi connectivity index (χ3v) is 4.97. The van der Waals surface area contributed by atoms with Gasteiger partial charge in [-0.3, -0.25) is 4.90 Å². The van der Waals surface area contributed by atoms with E-state index in [1.54, 1.807) is 0 Å². The molecule has 0 aromatic carbocycles. The molecule has 1 heterocycles. The number of hydrogen-bond acceptors (Lipinski definition) is 3. The molecule has 0 atom stereocenters. The van der Waals surface area contributed by atoms with Crippen molar-refractivity contribution < 1.29 is 8.42 Å². The fourth-order valence-corrected chi connectivity index (χ4v) is 2.98. The molecule has 1 aliphatic heterocycles. The second-order valence-electron chi connectivity index (χ2n) is 4.78. The SMILES string of the molecule is CC(C)(C)N1CCN(S(=O)(=O)CCl)CC1. The molecule has 0 amide bonds. The molecule has 0 aromatic rings. The fraction of sp³-hybridized carbons (Fsp3) is 1.00. The Labute approximate surface area is 97.2 Å². The Hall–Kier alpha value is 0.160. The molecular weight excluding hydrogens is 236 g/mol. The lowest BCUT2D eigenvalue weighted by molar-refractivity contribution is 0.0923. The number of alkyl halides is 1. The Balaban J connectivity index is 2.57. The molecule has 15 heavy (non-hydrogen) atoms. The van der Waals surface area contributed by atoms with E-state index >= 15 is 0 Å². The summed E-state index contributed by atoms with van der Waals surface area (Å²) in [5.41, 5.74) is 0.108. The smallest absolute Gasteiger partial charge is 0.228 e. The summed E-state index contributed by atoms with van der Waals surface area (Å²) in [6.07, 6.45) is 0. The number of sulfonamides is 1. The molecule has 0 N–H and O–H groups in total. The Morgan fingerprint density at radius 3 is 1.93 bits per heavy atom. The number of piperazine rings is 1. The first-order chi connectivity index (χ1) is 6.77. The van der Waals surface area contributed by atoms with Gasteiger partial charge in [-0.15, -0.1) is 11.6 Å². The molecule has 1 aliphatic rings. The van der Waals surface area contributed by atoms with Crippen molar-refractivity contribution in [3.05, 3.63) is 0 Å². The Kier molecular flexibility index (Phi) is 4.03. The van der Waals surface area contributed by atoms with Gasteiger partial charge in [0, 0.05) is 31.7 Å². The molecule has 1 saturated heterocycles. The van der Waals surface area contributed by atoms with Gasteiger partial charge >= 0.3 is 0 Å². The van der Waals surface area contributed by atoms with Gasteiger partial charge in [-0.1, -0.05) is 0 Å². The summed E-state index contributed by atoms with van der Waals surface area (Å²) < 4.78 is 24.4. The molecule has 0 radical (unpaired) electrons. The van der Waals surface area contributed by atoms with Crippen LogP contribution in [0.15, 0.2) is 0 Å². The molecule has 0 aromatic heterocycles. The van der Waals surface area contributed by atoms with E-state index in [1.807, 2.05) is 0 Å². The van der Waals surface area contributed by atoms with Gasteiger partial charge in [0.05, 0.1) is 0 Å². The molecule has 0 spiro atoms. The van der Waals surface area contributed by atoms with E-state index in [-0.39, 0.29) is 10.8 Å². The topological polar surface area (TPSA) is 40.6 Å². The predicted molar refractivity (Wildman–Crippen MR) is 62.5 cm³/mol. The van der Waals surface area contributed by atoms with Crippen LogP contribution in [0.1, 0.15) is 20.8 Å². The summed E-state index contributed by atoms with van der Waals surface area (Å²) in [5.74, 6) is 0. The Bertz CT molecular complexity index is 303. The monoisotopic (exact) mass is 254 g/mol. The van der Waals surface area contributed by atoms with Crippen molar-refractivity contribution >= 4 is 21.6 Å². The average molecular weight is 255 g/mol. The van der Waals surface area contributed by atoms with Crippen molar-refractivity contribution in [1.29, 1.82) is 0 Å². The highest BCUT2D eigenvalue weighted by Crippen LogP contribution is 2.17. The summed E-state index contributed by atoms with van der Waals surface area (Å²) in [6.45, 7) is 9.06. The quantitative estimate of drug-likeness (QED) is 0.689. The molecule has 1 fully saturated rings. The molecular formula is C9H19ClN2O2S. The molecule has 1 rings (SSSR count). The molecule has 0 saturated carbocycles. The van der Waals surface area contributed by atoms with Crippen molar-refractivity contribution in [3.63, 3.8) is 0 Å². The maximum atomic E-state index is 11.5. The van der Waals surface area contributed by atoms with Gasteiger partial charge in [0.25, 0.3) is 0 Å². The molecule has 0 aliphatic carbocycles. The van der Waals surface area contributed by atoms with E-state index in [1.165, 1.54) is 4.31 Å². The number of nitrogens with zero attached hydrogens (tertiary/aromatic N) is 2. The van der Waals surface area contributed by atoms with Gasteiger partial charge in [-0.05, 0) is 20.8 Å². The van der Waals surface area contributed by atoms with Crippen LogP contribution in [0.3, 0.4) is 0 Å². The zero-order chi connectivity index (χ0) is 11.7. The summed E-state index contributed by atoms with van der Waals surface area (Å²) in [5, 5.41) is -0.317. The van der Waals surface area contributed by atoms with E-state index in [0.717, 1.165) is 13.1 Å². The van der Waals surface area contributed by atoms with Crippen LogP contribution in [0, 0.1) is 0 Å². The molecule has 0 bridgehead atoms. The second-order valence-corrected chi connectivity index (χ2v) is 7.33. The van der Waals surface area contributed by atoms with E-state index in [9.17, 15) is 8.42 Å². The first-order valence-electron chi connectivity index (χ1n) is 5.06. The third kappa shape index (κ3) is 3.31. The van der Waals surface area contributed by atoms with Crippen LogP contribution in [0.2, 0.25) is 0 Å². The van der Waals surface area contributed by atoms with Crippen molar-refractivity contribution in [2.45, 2.75) is 26.3 Å². The van der Waals surface area contributed by atoms with Crippen LogP contribution >= 0.6 is 11.6 Å². The lowest BCUT2D eigenvalue weighted by Crippen LogP contribution is -2.54. The van der Waals surface area contributed by atoms with Crippen LogP contribution in [0.5, 0.6) is 0 Å². The summed E-state index contributed by atoms with van der Waals surface area (Å²) in [7, 11) is -3.22. The Morgan fingerprint density at radius 2 is 1.60 bits per heavy atom. The highest BCUT2D eigenvalue weighted by molar-refractivity contribution is 7.90. The maximum Gasteiger partial charge on any atom is 0.228 e. The van der Waals surface area contributed by atoms with Crippen LogP contribution < -0.4 is 0 Å². The van der Waals surface area contributed by atoms with E-state index in [2.05, 4.69) is 25.7 Å². The van der Waals surface area contributed by atoms with Crippen molar-refractivity contribution in [1.82, 2.24) is 9.21 Å². The average Bonchev–Trinajstić information content (AvgIpc) is 2.17. The molecule has 0 unspecified atom stereocenters. The molecule has 6 heteroatoms. The highest BCUT2D eigenvalue weighted by Gasteiger charge is 2.30. The van der Waals surface area contributed by atoms with Crippen LogP contribution in [-0.2, 0) is 10.0 Å². The largest absolute Gasteiger partial charge is 0.296 e. The summed E-state index contributed by atoms with van der Waals surface area (Å²) >= 11 is 5.41. The van der Waals surface area contributed by atoms with Crippen LogP contribution in [0.4, 0.5) is 0 Å². The first-order valence-corrected chi connectivity index (χ1v) is 7.20. The zero-order valence-corrected chi connectivity index (χ0v) is 11.1.